The molecule has 0 radical (unpaired) electrons. The van der Waals surface area contributed by atoms with Crippen molar-refractivity contribution in [3.63, 3.8) is 0 Å². The highest BCUT2D eigenvalue weighted by Crippen LogP contribution is 2.71. The lowest BCUT2D eigenvalue weighted by Gasteiger charge is -2.62. The zero-order chi connectivity index (χ0) is 25.5. The van der Waals surface area contributed by atoms with E-state index < -0.39 is 23.9 Å². The first-order valence-corrected chi connectivity index (χ1v) is 13.7. The average Bonchev–Trinajstić information content (AvgIpc) is 3.01. The van der Waals surface area contributed by atoms with Crippen LogP contribution in [-0.4, -0.2) is 44.3 Å². The topological polar surface area (TPSA) is 80.9 Å². The third-order valence-electron chi connectivity index (χ3n) is 11.8. The quantitative estimate of drug-likeness (QED) is 0.431. The minimum absolute atomic E-state index is 0.0682. The molecule has 4 heteroatoms. The summed E-state index contributed by atoms with van der Waals surface area (Å²) in [6.45, 7) is 17.3. The van der Waals surface area contributed by atoms with Crippen molar-refractivity contribution in [1.29, 1.82) is 0 Å². The number of hydrogen-bond acceptors (Lipinski definition) is 4. The lowest BCUT2D eigenvalue weighted by atomic mass is 9.43. The zero-order valence-electron chi connectivity index (χ0n) is 22.9. The molecule has 2 fully saturated rings. The molecule has 4 aliphatic carbocycles. The van der Waals surface area contributed by atoms with Gasteiger partial charge in [-0.1, -0.05) is 53.7 Å². The molecular weight excluding hydrogens is 424 g/mol. The van der Waals surface area contributed by atoms with E-state index in [4.69, 9.17) is 0 Å². The summed E-state index contributed by atoms with van der Waals surface area (Å²) < 4.78 is 0. The van der Waals surface area contributed by atoms with Gasteiger partial charge in [0.2, 0.25) is 0 Å². The molecule has 194 valence electrons. The third-order valence-corrected chi connectivity index (χ3v) is 11.8. The van der Waals surface area contributed by atoms with Crippen molar-refractivity contribution in [1.82, 2.24) is 0 Å². The highest BCUT2D eigenvalue weighted by atomic mass is 16.3. The Kier molecular flexibility index (Phi) is 6.33. The fourth-order valence-electron chi connectivity index (χ4n) is 8.88. The number of allylic oxidation sites excluding steroid dienone is 3. The van der Waals surface area contributed by atoms with Gasteiger partial charge in [-0.3, -0.25) is 0 Å². The molecule has 4 N–H and O–H groups in total. The highest BCUT2D eigenvalue weighted by Gasteiger charge is 2.64. The first-order valence-electron chi connectivity index (χ1n) is 13.7. The van der Waals surface area contributed by atoms with E-state index in [9.17, 15) is 20.4 Å². The highest BCUT2D eigenvalue weighted by molar-refractivity contribution is 5.50. The van der Waals surface area contributed by atoms with Gasteiger partial charge in [-0.2, -0.15) is 0 Å². The van der Waals surface area contributed by atoms with Gasteiger partial charge in [0.05, 0.1) is 23.9 Å². The molecule has 4 rings (SSSR count). The van der Waals surface area contributed by atoms with Gasteiger partial charge in [-0.25, -0.2) is 0 Å². The Hall–Kier alpha value is -0.680. The van der Waals surface area contributed by atoms with E-state index in [2.05, 4.69) is 53.7 Å². The van der Waals surface area contributed by atoms with Crippen molar-refractivity contribution in [2.75, 3.05) is 0 Å². The number of fused-ring (bicyclic) bond motifs is 5. The van der Waals surface area contributed by atoms with Gasteiger partial charge < -0.3 is 20.4 Å². The van der Waals surface area contributed by atoms with E-state index in [0.717, 1.165) is 25.7 Å². The lowest BCUT2D eigenvalue weighted by molar-refractivity contribution is -0.146. The summed E-state index contributed by atoms with van der Waals surface area (Å²) in [5.41, 5.74) is 1.40. The molecule has 0 bridgehead atoms. The van der Waals surface area contributed by atoms with E-state index in [1.165, 1.54) is 17.6 Å². The second-order valence-electron chi connectivity index (χ2n) is 14.2. The van der Waals surface area contributed by atoms with Gasteiger partial charge in [-0.05, 0) is 97.5 Å². The second-order valence-corrected chi connectivity index (χ2v) is 14.2. The van der Waals surface area contributed by atoms with Crippen LogP contribution >= 0.6 is 0 Å². The maximum Gasteiger partial charge on any atom is 0.0849 e. The fourth-order valence-corrected chi connectivity index (χ4v) is 8.88. The molecule has 0 aromatic carbocycles. The zero-order valence-corrected chi connectivity index (χ0v) is 22.9. The minimum atomic E-state index is -1.06. The molecule has 0 heterocycles. The first-order chi connectivity index (χ1) is 15.5. The third kappa shape index (κ3) is 3.53. The Bertz CT molecular complexity index is 866. The molecule has 4 aliphatic rings. The van der Waals surface area contributed by atoms with Gasteiger partial charge in [0, 0.05) is 11.8 Å². The maximum atomic E-state index is 11.3. The molecule has 9 atom stereocenters. The van der Waals surface area contributed by atoms with Crippen LogP contribution in [0.15, 0.2) is 23.3 Å². The van der Waals surface area contributed by atoms with E-state index in [1.807, 2.05) is 0 Å². The van der Waals surface area contributed by atoms with Crippen LogP contribution < -0.4 is 0 Å². The van der Waals surface area contributed by atoms with E-state index in [0.29, 0.717) is 24.7 Å². The summed E-state index contributed by atoms with van der Waals surface area (Å²) in [4.78, 5) is 0. The van der Waals surface area contributed by atoms with Crippen LogP contribution in [0.25, 0.3) is 0 Å². The Morgan fingerprint density at radius 3 is 2.26 bits per heavy atom. The predicted molar refractivity (Wildman–Crippen MR) is 137 cm³/mol. The van der Waals surface area contributed by atoms with Gasteiger partial charge in [0.15, 0.2) is 0 Å². The number of hydrogen-bond donors (Lipinski definition) is 4. The van der Waals surface area contributed by atoms with Crippen LogP contribution in [0.2, 0.25) is 0 Å². The summed E-state index contributed by atoms with van der Waals surface area (Å²) in [6, 6.07) is 0. The van der Waals surface area contributed by atoms with Gasteiger partial charge >= 0.3 is 0 Å². The number of aliphatic hydroxyl groups is 4. The summed E-state index contributed by atoms with van der Waals surface area (Å²) in [5, 5.41) is 42.7. The van der Waals surface area contributed by atoms with Crippen LogP contribution in [0.5, 0.6) is 0 Å². The Morgan fingerprint density at radius 1 is 1.00 bits per heavy atom. The Balaban J connectivity index is 1.64. The normalized spacial score (nSPS) is 45.4. The van der Waals surface area contributed by atoms with Crippen LogP contribution in [0, 0.1) is 39.4 Å². The Labute approximate surface area is 207 Å². The average molecular weight is 475 g/mol. The molecule has 0 aromatic rings. The molecule has 0 spiro atoms. The lowest BCUT2D eigenvalue weighted by Crippen LogP contribution is -2.60. The summed E-state index contributed by atoms with van der Waals surface area (Å²) in [5.74, 6) is 1.26. The number of aliphatic hydroxyl groups excluding tert-OH is 3. The molecule has 4 nitrogen and oxygen atoms in total. The minimum Gasteiger partial charge on any atom is -0.392 e. The standard InChI is InChI=1S/C30H50O4/c1-18(9-12-23(31)27(4,5)34)19-13-15-29(7)20-10-11-22-26(2,3)24(32)17-25(33)30(22,8)21(20)14-16-28(19,29)6/h10,14,18-19,22-25,31-34H,9,11-13,15-17H2,1-8H3/t18-,19?,22?,23+,24+,25-,28+,29-,30-/m1/s1. The molecule has 34 heavy (non-hydrogen) atoms. The van der Waals surface area contributed by atoms with Crippen LogP contribution in [-0.2, 0) is 0 Å². The maximum absolute atomic E-state index is 11.3. The summed E-state index contributed by atoms with van der Waals surface area (Å²) >= 11 is 0. The van der Waals surface area contributed by atoms with Crippen molar-refractivity contribution >= 4 is 0 Å². The van der Waals surface area contributed by atoms with Crippen molar-refractivity contribution in [3.05, 3.63) is 23.3 Å². The molecular formula is C30H50O4. The molecule has 0 amide bonds. The fraction of sp³-hybridized carbons (Fsp3) is 0.867. The van der Waals surface area contributed by atoms with Gasteiger partial charge in [-0.15, -0.1) is 0 Å². The van der Waals surface area contributed by atoms with Crippen molar-refractivity contribution < 1.29 is 20.4 Å². The van der Waals surface area contributed by atoms with Crippen molar-refractivity contribution in [2.45, 2.75) is 124 Å². The summed E-state index contributed by atoms with van der Waals surface area (Å²) in [7, 11) is 0. The summed E-state index contributed by atoms with van der Waals surface area (Å²) in [6.07, 6.45) is 9.46. The van der Waals surface area contributed by atoms with E-state index in [1.54, 1.807) is 13.8 Å². The monoisotopic (exact) mass is 474 g/mol. The van der Waals surface area contributed by atoms with E-state index >= 15 is 0 Å². The number of rotatable bonds is 5. The molecule has 0 aliphatic heterocycles. The van der Waals surface area contributed by atoms with Crippen LogP contribution in [0.4, 0.5) is 0 Å². The smallest absolute Gasteiger partial charge is 0.0849 e. The Morgan fingerprint density at radius 2 is 1.65 bits per heavy atom. The molecule has 2 saturated carbocycles. The van der Waals surface area contributed by atoms with E-state index in [-0.39, 0.29) is 27.6 Å². The van der Waals surface area contributed by atoms with Crippen LogP contribution in [0.1, 0.15) is 100 Å². The molecule has 0 aromatic heterocycles. The SMILES string of the molecule is C[C@H](CC[C@H](O)C(C)(C)O)C1CC[C@]2(C)C3=CCC4C(C)(C)[C@@H](O)C[C@@H](O)[C@]4(C)C3=CC[C@@]12C. The second kappa shape index (κ2) is 8.16. The molecule has 0 saturated heterocycles. The van der Waals surface area contributed by atoms with Crippen LogP contribution in [0.3, 0.4) is 0 Å². The largest absolute Gasteiger partial charge is 0.392 e. The molecule has 2 unspecified atom stereocenters. The first kappa shape index (κ1) is 26.4. The van der Waals surface area contributed by atoms with Crippen molar-refractivity contribution in [2.24, 2.45) is 39.4 Å². The van der Waals surface area contributed by atoms with Crippen molar-refractivity contribution in [3.8, 4) is 0 Å². The van der Waals surface area contributed by atoms with Gasteiger partial charge in [0.25, 0.3) is 0 Å². The van der Waals surface area contributed by atoms with Gasteiger partial charge in [0.1, 0.15) is 0 Å². The predicted octanol–water partition coefficient (Wildman–Crippen LogP) is 5.39.